The van der Waals surface area contributed by atoms with E-state index in [1.807, 2.05) is 51.1 Å². The monoisotopic (exact) mass is 439 g/mol. The number of benzene rings is 1. The van der Waals surface area contributed by atoms with Crippen LogP contribution in [0.25, 0.3) is 21.3 Å². The van der Waals surface area contributed by atoms with E-state index in [4.69, 9.17) is 0 Å². The van der Waals surface area contributed by atoms with E-state index in [0.29, 0.717) is 15.3 Å². The summed E-state index contributed by atoms with van der Waals surface area (Å²) in [5.41, 5.74) is 1.78. The molecule has 154 valence electrons. The molecular formula is C21H21N5O2S2. The molecule has 1 aromatic carbocycles. The molecule has 3 aromatic heterocycles. The highest BCUT2D eigenvalue weighted by Crippen LogP contribution is 2.35. The third kappa shape index (κ3) is 4.03. The minimum atomic E-state index is -0.210. The van der Waals surface area contributed by atoms with Gasteiger partial charge in [0.1, 0.15) is 9.84 Å². The molecule has 0 spiro atoms. The average molecular weight is 440 g/mol. The highest BCUT2D eigenvalue weighted by atomic mass is 32.1. The lowest BCUT2D eigenvalue weighted by atomic mass is 10.0. The molecule has 0 unspecified atom stereocenters. The number of carbonyl (C=O) groups excluding carboxylic acids is 1. The van der Waals surface area contributed by atoms with Gasteiger partial charge < -0.3 is 5.32 Å². The smallest absolute Gasteiger partial charge is 0.262 e. The Bertz CT molecular complexity index is 1260. The Morgan fingerprint density at radius 2 is 1.93 bits per heavy atom. The summed E-state index contributed by atoms with van der Waals surface area (Å²) in [5, 5.41) is 12.8. The van der Waals surface area contributed by atoms with E-state index < -0.39 is 0 Å². The molecule has 9 heteroatoms. The molecule has 1 N–H and O–H groups in total. The highest BCUT2D eigenvalue weighted by molar-refractivity contribution is 7.19. The molecule has 1 amide bonds. The molecule has 0 aliphatic heterocycles. The van der Waals surface area contributed by atoms with Gasteiger partial charge in [-0.15, -0.1) is 21.5 Å². The van der Waals surface area contributed by atoms with Gasteiger partial charge >= 0.3 is 0 Å². The first-order valence-electron chi connectivity index (χ1n) is 9.61. The van der Waals surface area contributed by atoms with Crippen LogP contribution in [0.1, 0.15) is 36.1 Å². The van der Waals surface area contributed by atoms with Crippen LogP contribution in [0, 0.1) is 6.92 Å². The number of aryl methyl sites for hydroxylation is 2. The number of carbonyl (C=O) groups is 1. The summed E-state index contributed by atoms with van der Waals surface area (Å²) in [6, 6.07) is 9.84. The Morgan fingerprint density at radius 1 is 1.17 bits per heavy atom. The summed E-state index contributed by atoms with van der Waals surface area (Å²) in [5.74, 6) is 0.0515. The number of fused-ring (bicyclic) bond motifs is 1. The van der Waals surface area contributed by atoms with E-state index in [2.05, 4.69) is 20.5 Å². The number of nitrogens with zero attached hydrogens (tertiary/aromatic N) is 4. The van der Waals surface area contributed by atoms with Gasteiger partial charge in [0.2, 0.25) is 11.0 Å². The first-order valence-corrected chi connectivity index (χ1v) is 11.2. The van der Waals surface area contributed by atoms with Crippen molar-refractivity contribution in [2.75, 3.05) is 5.32 Å². The van der Waals surface area contributed by atoms with Gasteiger partial charge in [-0.05, 0) is 12.5 Å². The maximum atomic E-state index is 13.2. The number of rotatable bonds is 6. The molecular weight excluding hydrogens is 418 g/mol. The number of thiophene rings is 1. The third-order valence-corrected chi connectivity index (χ3v) is 6.83. The zero-order valence-electron chi connectivity index (χ0n) is 16.9. The summed E-state index contributed by atoms with van der Waals surface area (Å²) < 4.78 is 1.50. The van der Waals surface area contributed by atoms with Crippen molar-refractivity contribution in [3.8, 4) is 11.1 Å². The zero-order valence-corrected chi connectivity index (χ0v) is 18.5. The standard InChI is InChI=1S/C21H21N5O2S2/c1-12(2)18-24-25-21(30-18)23-15(27)9-10-26-11-22-19-17(20(26)28)16(13(3)29-19)14-7-5-4-6-8-14/h4-8,11-12H,9-10H2,1-3H3,(H,23,25,27). The highest BCUT2D eigenvalue weighted by Gasteiger charge is 2.17. The first-order chi connectivity index (χ1) is 14.4. The van der Waals surface area contributed by atoms with Crippen molar-refractivity contribution < 1.29 is 4.79 Å². The lowest BCUT2D eigenvalue weighted by Gasteiger charge is -2.06. The van der Waals surface area contributed by atoms with Gasteiger partial charge in [0, 0.05) is 29.3 Å². The van der Waals surface area contributed by atoms with E-state index in [9.17, 15) is 9.59 Å². The van der Waals surface area contributed by atoms with E-state index in [1.54, 1.807) is 0 Å². The molecule has 0 atom stereocenters. The Labute approximate surface area is 181 Å². The number of hydrogen-bond donors (Lipinski definition) is 1. The van der Waals surface area contributed by atoms with Crippen LogP contribution in [-0.4, -0.2) is 25.7 Å². The van der Waals surface area contributed by atoms with Gasteiger partial charge in [-0.1, -0.05) is 55.5 Å². The Morgan fingerprint density at radius 3 is 2.63 bits per heavy atom. The van der Waals surface area contributed by atoms with Crippen molar-refractivity contribution in [1.82, 2.24) is 19.7 Å². The number of anilines is 1. The van der Waals surface area contributed by atoms with Gasteiger partial charge in [0.15, 0.2) is 0 Å². The average Bonchev–Trinajstić information content (AvgIpc) is 3.32. The SMILES string of the molecule is Cc1sc2ncn(CCC(=O)Nc3nnc(C(C)C)s3)c(=O)c2c1-c1ccccc1. The third-order valence-electron chi connectivity index (χ3n) is 4.68. The molecule has 4 aromatic rings. The molecule has 0 aliphatic rings. The van der Waals surface area contributed by atoms with Crippen molar-refractivity contribution in [2.24, 2.45) is 0 Å². The molecule has 30 heavy (non-hydrogen) atoms. The predicted octanol–water partition coefficient (Wildman–Crippen LogP) is 4.44. The number of aromatic nitrogens is 4. The summed E-state index contributed by atoms with van der Waals surface area (Å²) in [4.78, 5) is 31.7. The van der Waals surface area contributed by atoms with Gasteiger partial charge in [-0.2, -0.15) is 0 Å². The van der Waals surface area contributed by atoms with Crippen LogP contribution in [0.4, 0.5) is 5.13 Å². The minimum absolute atomic E-state index is 0.131. The molecule has 0 saturated carbocycles. The summed E-state index contributed by atoms with van der Waals surface area (Å²) in [6.07, 6.45) is 1.66. The Hall–Kier alpha value is -2.91. The second-order valence-corrected chi connectivity index (χ2v) is 9.43. The molecule has 0 radical (unpaired) electrons. The summed E-state index contributed by atoms with van der Waals surface area (Å²) >= 11 is 2.87. The normalized spacial score (nSPS) is 11.3. The van der Waals surface area contributed by atoms with Crippen molar-refractivity contribution in [3.63, 3.8) is 0 Å². The molecule has 4 rings (SSSR count). The van der Waals surface area contributed by atoms with E-state index in [0.717, 1.165) is 21.0 Å². The molecule has 0 saturated heterocycles. The summed E-state index contributed by atoms with van der Waals surface area (Å²) in [7, 11) is 0. The maximum absolute atomic E-state index is 13.2. The molecule has 0 aliphatic carbocycles. The van der Waals surface area contributed by atoms with Crippen LogP contribution < -0.4 is 10.9 Å². The van der Waals surface area contributed by atoms with Crippen LogP contribution >= 0.6 is 22.7 Å². The lowest BCUT2D eigenvalue weighted by molar-refractivity contribution is -0.116. The Kier molecular flexibility index (Phi) is 5.74. The fraction of sp³-hybridized carbons (Fsp3) is 0.286. The molecule has 0 fully saturated rings. The van der Waals surface area contributed by atoms with Crippen LogP contribution in [0.5, 0.6) is 0 Å². The van der Waals surface area contributed by atoms with Crippen LogP contribution in [-0.2, 0) is 11.3 Å². The number of hydrogen-bond acceptors (Lipinski definition) is 7. The quantitative estimate of drug-likeness (QED) is 0.480. The second-order valence-electron chi connectivity index (χ2n) is 7.22. The van der Waals surface area contributed by atoms with E-state index >= 15 is 0 Å². The van der Waals surface area contributed by atoms with Gasteiger partial charge in [-0.25, -0.2) is 4.98 Å². The fourth-order valence-corrected chi connectivity index (χ4v) is 4.94. The second kappa shape index (κ2) is 8.45. The van der Waals surface area contributed by atoms with Crippen molar-refractivity contribution in [3.05, 3.63) is 56.9 Å². The molecule has 0 bridgehead atoms. The van der Waals surface area contributed by atoms with Gasteiger partial charge in [0.05, 0.1) is 11.7 Å². The fourth-order valence-electron chi connectivity index (χ4n) is 3.17. The van der Waals surface area contributed by atoms with Crippen LogP contribution in [0.15, 0.2) is 41.5 Å². The minimum Gasteiger partial charge on any atom is -0.300 e. The molecule has 3 heterocycles. The predicted molar refractivity (Wildman–Crippen MR) is 121 cm³/mol. The largest absolute Gasteiger partial charge is 0.300 e. The first kappa shape index (κ1) is 20.4. The van der Waals surface area contributed by atoms with Gasteiger partial charge in [0.25, 0.3) is 5.56 Å². The summed E-state index contributed by atoms with van der Waals surface area (Å²) in [6.45, 7) is 6.29. The Balaban J connectivity index is 1.55. The maximum Gasteiger partial charge on any atom is 0.262 e. The molecule has 7 nitrogen and oxygen atoms in total. The number of nitrogens with one attached hydrogen (secondary N) is 1. The van der Waals surface area contributed by atoms with Crippen molar-refractivity contribution >= 4 is 43.9 Å². The van der Waals surface area contributed by atoms with Gasteiger partial charge in [-0.3, -0.25) is 14.2 Å². The van der Waals surface area contributed by atoms with Crippen molar-refractivity contribution in [2.45, 2.75) is 39.7 Å². The van der Waals surface area contributed by atoms with E-state index in [-0.39, 0.29) is 30.3 Å². The zero-order chi connectivity index (χ0) is 21.3. The number of amides is 1. The van der Waals surface area contributed by atoms with Crippen molar-refractivity contribution in [1.29, 1.82) is 0 Å². The lowest BCUT2D eigenvalue weighted by Crippen LogP contribution is -2.23. The van der Waals surface area contributed by atoms with E-state index in [1.165, 1.54) is 33.6 Å². The van der Waals surface area contributed by atoms with Crippen LogP contribution in [0.3, 0.4) is 0 Å². The van der Waals surface area contributed by atoms with Crippen LogP contribution in [0.2, 0.25) is 0 Å². The topological polar surface area (TPSA) is 89.8 Å².